The molecule has 0 bridgehead atoms. The molecule has 1 atom stereocenters. The molecule has 0 aromatic heterocycles. The highest BCUT2D eigenvalue weighted by molar-refractivity contribution is 6.09. The topological polar surface area (TPSA) is 64.2 Å². The van der Waals surface area contributed by atoms with E-state index in [-0.39, 0.29) is 30.3 Å². The van der Waals surface area contributed by atoms with E-state index in [0.717, 1.165) is 57.4 Å². The van der Waals surface area contributed by atoms with Gasteiger partial charge in [-0.2, -0.15) is 0 Å². The lowest BCUT2D eigenvalue weighted by Crippen LogP contribution is -2.57. The normalized spacial score (nSPS) is 20.8. The van der Waals surface area contributed by atoms with Crippen molar-refractivity contribution in [1.82, 2.24) is 9.80 Å². The molecule has 2 saturated heterocycles. The van der Waals surface area contributed by atoms with E-state index in [9.17, 15) is 14.4 Å². The van der Waals surface area contributed by atoms with Crippen LogP contribution in [0, 0.1) is 0 Å². The van der Waals surface area contributed by atoms with Gasteiger partial charge in [0.25, 0.3) is 5.91 Å². The third-order valence-corrected chi connectivity index (χ3v) is 6.68. The molecule has 0 saturated carbocycles. The zero-order chi connectivity index (χ0) is 21.3. The molecule has 3 heterocycles. The minimum absolute atomic E-state index is 0.00321. The van der Waals surface area contributed by atoms with Crippen LogP contribution >= 0.6 is 0 Å². The number of hydrogen-bond donors (Lipinski definition) is 0. The van der Waals surface area contributed by atoms with Gasteiger partial charge in [-0.25, -0.2) is 0 Å². The molecule has 1 aromatic carbocycles. The first-order valence-electron chi connectivity index (χ1n) is 11.3. The number of nitrogens with zero attached hydrogens (tertiary/aromatic N) is 4. The minimum Gasteiger partial charge on any atom is -0.358 e. The Labute approximate surface area is 178 Å². The van der Waals surface area contributed by atoms with E-state index in [1.807, 2.05) is 36.9 Å². The maximum absolute atomic E-state index is 13.4. The molecular weight excluding hydrogens is 380 g/mol. The number of piperidine rings is 1. The molecule has 7 nitrogen and oxygen atoms in total. The second-order valence-electron chi connectivity index (χ2n) is 8.40. The fraction of sp³-hybridized carbons (Fsp3) is 0.609. The van der Waals surface area contributed by atoms with Gasteiger partial charge in [0, 0.05) is 38.3 Å². The lowest BCUT2D eigenvalue weighted by Gasteiger charge is -2.45. The molecule has 0 spiro atoms. The van der Waals surface area contributed by atoms with Crippen LogP contribution in [0.4, 0.5) is 11.4 Å². The van der Waals surface area contributed by atoms with Crippen molar-refractivity contribution in [2.45, 2.75) is 52.0 Å². The highest BCUT2D eigenvalue weighted by Gasteiger charge is 2.41. The van der Waals surface area contributed by atoms with Crippen molar-refractivity contribution in [3.05, 3.63) is 23.8 Å². The van der Waals surface area contributed by atoms with E-state index in [2.05, 4.69) is 4.90 Å². The number of hydrogen-bond acceptors (Lipinski definition) is 4. The molecule has 162 valence electrons. The van der Waals surface area contributed by atoms with Crippen molar-refractivity contribution in [3.63, 3.8) is 0 Å². The second kappa shape index (κ2) is 8.66. The molecule has 0 N–H and O–H groups in total. The number of amides is 3. The summed E-state index contributed by atoms with van der Waals surface area (Å²) in [7, 11) is 0. The van der Waals surface area contributed by atoms with Gasteiger partial charge in [0.15, 0.2) is 0 Å². The van der Waals surface area contributed by atoms with Crippen molar-refractivity contribution in [1.29, 1.82) is 0 Å². The Balaban J connectivity index is 1.70. The van der Waals surface area contributed by atoms with Gasteiger partial charge in [-0.1, -0.05) is 0 Å². The molecule has 4 rings (SSSR count). The number of anilines is 2. The van der Waals surface area contributed by atoms with E-state index in [1.54, 1.807) is 9.80 Å². The Morgan fingerprint density at radius 1 is 1.00 bits per heavy atom. The molecule has 3 aliphatic heterocycles. The average molecular weight is 413 g/mol. The van der Waals surface area contributed by atoms with E-state index in [1.165, 1.54) is 0 Å². The number of benzene rings is 1. The van der Waals surface area contributed by atoms with Crippen LogP contribution in [0.2, 0.25) is 0 Å². The van der Waals surface area contributed by atoms with E-state index < -0.39 is 0 Å². The van der Waals surface area contributed by atoms with Gasteiger partial charge in [0.2, 0.25) is 11.8 Å². The summed E-state index contributed by atoms with van der Waals surface area (Å²) in [6.07, 6.45) is 4.93. The van der Waals surface area contributed by atoms with Crippen molar-refractivity contribution >= 4 is 29.1 Å². The van der Waals surface area contributed by atoms with Crippen LogP contribution < -0.4 is 9.80 Å². The third-order valence-electron chi connectivity index (χ3n) is 6.68. The van der Waals surface area contributed by atoms with Gasteiger partial charge in [0.1, 0.15) is 12.6 Å². The molecule has 3 amide bonds. The summed E-state index contributed by atoms with van der Waals surface area (Å²) in [5.41, 5.74) is 2.23. The quantitative estimate of drug-likeness (QED) is 0.745. The number of carbonyl (C=O) groups is 3. The number of fused-ring (bicyclic) bond motifs is 3. The zero-order valence-corrected chi connectivity index (χ0v) is 18.1. The first-order valence-corrected chi connectivity index (χ1v) is 11.3. The monoisotopic (exact) mass is 412 g/mol. The van der Waals surface area contributed by atoms with Gasteiger partial charge >= 0.3 is 0 Å². The van der Waals surface area contributed by atoms with Crippen LogP contribution in [0.5, 0.6) is 0 Å². The van der Waals surface area contributed by atoms with Crippen molar-refractivity contribution in [2.75, 3.05) is 49.1 Å². The summed E-state index contributed by atoms with van der Waals surface area (Å²) in [6, 6.07) is 5.43. The summed E-state index contributed by atoms with van der Waals surface area (Å²) < 4.78 is 0. The van der Waals surface area contributed by atoms with Gasteiger partial charge in [-0.05, 0) is 64.2 Å². The fourth-order valence-corrected chi connectivity index (χ4v) is 4.95. The molecule has 7 heteroatoms. The standard InChI is InChI=1S/C23H32N4O3/c1-3-24(4-2)22(29)17-10-11-18-20(15-17)27(16-21(28)25-12-7-8-13-25)23(30)19-9-5-6-14-26(18)19/h10-11,15,19H,3-9,12-14,16H2,1-2H3/t19-/m0/s1. The first-order chi connectivity index (χ1) is 14.5. The number of carbonyl (C=O) groups excluding carboxylic acids is 3. The van der Waals surface area contributed by atoms with Gasteiger partial charge in [-0.15, -0.1) is 0 Å². The summed E-state index contributed by atoms with van der Waals surface area (Å²) >= 11 is 0. The summed E-state index contributed by atoms with van der Waals surface area (Å²) in [5, 5.41) is 0. The second-order valence-corrected chi connectivity index (χ2v) is 8.40. The molecule has 30 heavy (non-hydrogen) atoms. The predicted molar refractivity (Wildman–Crippen MR) is 117 cm³/mol. The molecule has 0 unspecified atom stereocenters. The van der Waals surface area contributed by atoms with Crippen molar-refractivity contribution in [3.8, 4) is 0 Å². The lowest BCUT2D eigenvalue weighted by atomic mass is 9.95. The van der Waals surface area contributed by atoms with Crippen LogP contribution in [0.15, 0.2) is 18.2 Å². The van der Waals surface area contributed by atoms with Crippen LogP contribution in [0.25, 0.3) is 0 Å². The largest absolute Gasteiger partial charge is 0.358 e. The fourth-order valence-electron chi connectivity index (χ4n) is 4.95. The van der Waals surface area contributed by atoms with Crippen molar-refractivity contribution in [2.24, 2.45) is 0 Å². The van der Waals surface area contributed by atoms with Gasteiger partial charge in [0.05, 0.1) is 11.4 Å². The van der Waals surface area contributed by atoms with Crippen LogP contribution in [-0.2, 0) is 9.59 Å². The van der Waals surface area contributed by atoms with Gasteiger partial charge in [-0.3, -0.25) is 19.3 Å². The first kappa shape index (κ1) is 20.7. The highest BCUT2D eigenvalue weighted by atomic mass is 16.2. The molecule has 3 aliphatic rings. The van der Waals surface area contributed by atoms with E-state index in [4.69, 9.17) is 0 Å². The van der Waals surface area contributed by atoms with Gasteiger partial charge < -0.3 is 14.7 Å². The SMILES string of the molecule is CCN(CC)C(=O)c1ccc2c(c1)N(CC(=O)N1CCCC1)C(=O)[C@@H]1CCCCN21. The average Bonchev–Trinajstić information content (AvgIpc) is 3.32. The smallest absolute Gasteiger partial charge is 0.253 e. The van der Waals surface area contributed by atoms with Crippen LogP contribution in [0.3, 0.4) is 0 Å². The summed E-state index contributed by atoms with van der Waals surface area (Å²) in [5.74, 6) is -0.0550. The molecule has 0 radical (unpaired) electrons. The summed E-state index contributed by atoms with van der Waals surface area (Å²) in [4.78, 5) is 46.7. The number of likely N-dealkylation sites (tertiary alicyclic amines) is 1. The number of rotatable bonds is 5. The highest BCUT2D eigenvalue weighted by Crippen LogP contribution is 2.40. The Morgan fingerprint density at radius 3 is 2.40 bits per heavy atom. The maximum atomic E-state index is 13.4. The minimum atomic E-state index is -0.207. The van der Waals surface area contributed by atoms with Crippen molar-refractivity contribution < 1.29 is 14.4 Å². The Bertz CT molecular complexity index is 830. The lowest BCUT2D eigenvalue weighted by molar-refractivity contribution is -0.131. The van der Waals surface area contributed by atoms with Crippen LogP contribution in [0.1, 0.15) is 56.3 Å². The molecule has 0 aliphatic carbocycles. The van der Waals surface area contributed by atoms with E-state index >= 15 is 0 Å². The summed E-state index contributed by atoms with van der Waals surface area (Å²) in [6.45, 7) is 7.62. The molecule has 1 aromatic rings. The molecule has 2 fully saturated rings. The Hall–Kier alpha value is -2.57. The third kappa shape index (κ3) is 3.66. The van der Waals surface area contributed by atoms with E-state index in [0.29, 0.717) is 24.3 Å². The predicted octanol–water partition coefficient (Wildman–Crippen LogP) is 2.50. The van der Waals surface area contributed by atoms with Crippen LogP contribution in [-0.4, -0.2) is 72.8 Å². The zero-order valence-electron chi connectivity index (χ0n) is 18.1. The maximum Gasteiger partial charge on any atom is 0.253 e. The Morgan fingerprint density at radius 2 is 1.70 bits per heavy atom. The molecular formula is C23H32N4O3. The Kier molecular flexibility index (Phi) is 5.97.